The Hall–Kier alpha value is -0.980. The standard InChI is InChI=1S/C44H70O18/c1-18-7-10-44(56-16-18)19(2)30-27(62-44)12-23-21-6-5-20-11-26(24(47)13-43(20,4)22(21)8-9-42(23,30)3)57-41-38(61-40-36(54)34(52)32(50)28(14-45)58-40)37(33(51)29(15-46)59-41)60-39-35(53)31(49)25(48)17-55-39/h19-41,45-54H,1,5-17H2,2-4H3. The molecule has 0 amide bonds. The monoisotopic (exact) mass is 886 g/mol. The molecule has 4 saturated carbocycles. The van der Waals surface area contributed by atoms with Crippen LogP contribution in [0.25, 0.3) is 0 Å². The fourth-order valence-corrected chi connectivity index (χ4v) is 14.3. The van der Waals surface area contributed by atoms with Gasteiger partial charge in [0, 0.05) is 12.3 Å². The number of fused-ring (bicyclic) bond motifs is 7. The Balaban J connectivity index is 0.936. The lowest BCUT2D eigenvalue weighted by molar-refractivity contribution is -0.394. The number of rotatable bonds is 8. The van der Waals surface area contributed by atoms with E-state index in [1.807, 2.05) is 0 Å². The van der Waals surface area contributed by atoms with Crippen LogP contribution in [0.4, 0.5) is 0 Å². The number of hydrogen-bond donors (Lipinski definition) is 10. The summed E-state index contributed by atoms with van der Waals surface area (Å²) < 4.78 is 49.5. The first kappa shape index (κ1) is 46.1. The van der Waals surface area contributed by atoms with Gasteiger partial charge in [-0.1, -0.05) is 32.9 Å². The summed E-state index contributed by atoms with van der Waals surface area (Å²) in [5.41, 5.74) is 1.04. The molecular formula is C44H70O18. The highest BCUT2D eigenvalue weighted by Gasteiger charge is 2.69. The van der Waals surface area contributed by atoms with E-state index in [1.54, 1.807) is 0 Å². The van der Waals surface area contributed by atoms with E-state index in [-0.39, 0.29) is 28.8 Å². The lowest BCUT2D eigenvalue weighted by Gasteiger charge is -2.62. The minimum Gasteiger partial charge on any atom is -0.394 e. The molecule has 9 rings (SSSR count). The van der Waals surface area contributed by atoms with Gasteiger partial charge in [0.25, 0.3) is 0 Å². The van der Waals surface area contributed by atoms with Crippen molar-refractivity contribution in [2.24, 2.45) is 46.3 Å². The van der Waals surface area contributed by atoms with Crippen LogP contribution >= 0.6 is 0 Å². The third-order valence-corrected chi connectivity index (χ3v) is 17.7. The van der Waals surface area contributed by atoms with Gasteiger partial charge in [0.15, 0.2) is 24.7 Å². The zero-order valence-electron chi connectivity index (χ0n) is 35.9. The van der Waals surface area contributed by atoms with E-state index in [9.17, 15) is 51.1 Å². The zero-order chi connectivity index (χ0) is 44.2. The van der Waals surface area contributed by atoms with Gasteiger partial charge in [-0.05, 0) is 91.8 Å². The molecule has 26 unspecified atom stereocenters. The van der Waals surface area contributed by atoms with Crippen molar-refractivity contribution in [2.45, 2.75) is 189 Å². The molecule has 10 N–H and O–H groups in total. The number of aliphatic hydroxyl groups excluding tert-OH is 10. The molecule has 5 saturated heterocycles. The third kappa shape index (κ3) is 7.48. The second-order valence-electron chi connectivity index (χ2n) is 20.8. The van der Waals surface area contributed by atoms with Crippen molar-refractivity contribution in [1.29, 1.82) is 0 Å². The number of hydrogen-bond acceptors (Lipinski definition) is 18. The predicted octanol–water partition coefficient (Wildman–Crippen LogP) is -1.20. The molecule has 26 atom stereocenters. The molecule has 18 heteroatoms. The van der Waals surface area contributed by atoms with E-state index < -0.39 is 124 Å². The summed E-state index contributed by atoms with van der Waals surface area (Å²) in [7, 11) is 0. The summed E-state index contributed by atoms with van der Waals surface area (Å²) in [5, 5.41) is 107. The number of ether oxygens (including phenoxy) is 8. The molecule has 5 heterocycles. The Bertz CT molecular complexity index is 1590. The van der Waals surface area contributed by atoms with Crippen molar-refractivity contribution in [3.8, 4) is 0 Å². The van der Waals surface area contributed by atoms with E-state index in [4.69, 9.17) is 37.9 Å². The molecule has 0 aromatic carbocycles. The smallest absolute Gasteiger partial charge is 0.187 e. The van der Waals surface area contributed by atoms with Gasteiger partial charge in [-0.3, -0.25) is 0 Å². The molecular weight excluding hydrogens is 816 g/mol. The van der Waals surface area contributed by atoms with Gasteiger partial charge in [0.2, 0.25) is 0 Å². The zero-order valence-corrected chi connectivity index (χ0v) is 35.9. The van der Waals surface area contributed by atoms with E-state index in [2.05, 4.69) is 27.4 Å². The summed E-state index contributed by atoms with van der Waals surface area (Å²) in [6, 6.07) is 0. The molecule has 9 fully saturated rings. The van der Waals surface area contributed by atoms with Crippen molar-refractivity contribution >= 4 is 0 Å². The normalized spacial score (nSPS) is 57.8. The van der Waals surface area contributed by atoms with Crippen molar-refractivity contribution in [1.82, 2.24) is 0 Å². The van der Waals surface area contributed by atoms with Crippen molar-refractivity contribution in [3.63, 3.8) is 0 Å². The first-order valence-corrected chi connectivity index (χ1v) is 23.0. The number of aliphatic hydroxyl groups is 10. The average Bonchev–Trinajstić information content (AvgIpc) is 3.69. The van der Waals surface area contributed by atoms with Crippen LogP contribution in [0.5, 0.6) is 0 Å². The summed E-state index contributed by atoms with van der Waals surface area (Å²) in [4.78, 5) is 0. The molecule has 18 nitrogen and oxygen atoms in total. The van der Waals surface area contributed by atoms with Gasteiger partial charge < -0.3 is 89.0 Å². The first-order chi connectivity index (χ1) is 29.4. The Morgan fingerprint density at radius 3 is 2.10 bits per heavy atom. The molecule has 0 bridgehead atoms. The van der Waals surface area contributed by atoms with Crippen LogP contribution in [-0.4, -0.2) is 188 Å². The van der Waals surface area contributed by atoms with E-state index >= 15 is 0 Å². The topological polar surface area (TPSA) is 276 Å². The molecule has 9 aliphatic rings. The largest absolute Gasteiger partial charge is 0.394 e. The van der Waals surface area contributed by atoms with Crippen molar-refractivity contribution in [3.05, 3.63) is 12.2 Å². The van der Waals surface area contributed by atoms with Crippen LogP contribution in [-0.2, 0) is 37.9 Å². The Kier molecular flexibility index (Phi) is 12.9. The first-order valence-electron chi connectivity index (χ1n) is 23.0. The molecule has 0 aromatic rings. The van der Waals surface area contributed by atoms with Crippen LogP contribution in [0.15, 0.2) is 12.2 Å². The summed E-state index contributed by atoms with van der Waals surface area (Å²) in [6.45, 7) is 9.91. The molecule has 354 valence electrons. The van der Waals surface area contributed by atoms with E-state index in [0.29, 0.717) is 43.1 Å². The van der Waals surface area contributed by atoms with Gasteiger partial charge in [-0.2, -0.15) is 0 Å². The van der Waals surface area contributed by atoms with E-state index in [1.165, 1.54) is 0 Å². The summed E-state index contributed by atoms with van der Waals surface area (Å²) >= 11 is 0. The Morgan fingerprint density at radius 1 is 0.694 bits per heavy atom. The fraction of sp³-hybridized carbons (Fsp3) is 0.955. The molecule has 0 radical (unpaired) electrons. The van der Waals surface area contributed by atoms with Crippen molar-refractivity contribution < 1.29 is 89.0 Å². The summed E-state index contributed by atoms with van der Waals surface area (Å²) in [5.74, 6) is 1.67. The molecule has 62 heavy (non-hydrogen) atoms. The SMILES string of the molecule is C=C1CCC2(OC1)OC1CC3C4CCC5CC(OC6OC(CO)C(O)C(OC7OCC(O)C(O)C7O)C6OC6OC(CO)C(O)C(O)C6O)C(O)CC5(C)C4CCC3(C)C1C2C. The highest BCUT2D eigenvalue weighted by Crippen LogP contribution is 2.71. The van der Waals surface area contributed by atoms with Gasteiger partial charge in [-0.15, -0.1) is 0 Å². The maximum Gasteiger partial charge on any atom is 0.187 e. The van der Waals surface area contributed by atoms with Crippen LogP contribution in [0.3, 0.4) is 0 Å². The molecule has 4 aliphatic carbocycles. The van der Waals surface area contributed by atoms with Crippen LogP contribution in [0.1, 0.15) is 78.6 Å². The van der Waals surface area contributed by atoms with Gasteiger partial charge in [0.1, 0.15) is 67.1 Å². The minimum atomic E-state index is -1.87. The second kappa shape index (κ2) is 17.3. The quantitative estimate of drug-likeness (QED) is 0.101. The molecule has 5 aliphatic heterocycles. The van der Waals surface area contributed by atoms with Gasteiger partial charge >= 0.3 is 0 Å². The lowest BCUT2D eigenvalue weighted by atomic mass is 9.44. The fourth-order valence-electron chi connectivity index (χ4n) is 14.3. The Labute approximate surface area is 362 Å². The maximum absolute atomic E-state index is 12.1. The highest BCUT2D eigenvalue weighted by molar-refractivity contribution is 5.17. The minimum absolute atomic E-state index is 0.117. The van der Waals surface area contributed by atoms with Gasteiger partial charge in [0.05, 0.1) is 44.7 Å². The summed E-state index contributed by atoms with van der Waals surface area (Å²) in [6.07, 6.45) is -16.7. The molecule has 0 aromatic heterocycles. The molecule has 1 spiro atoms. The van der Waals surface area contributed by atoms with Crippen LogP contribution < -0.4 is 0 Å². The average molecular weight is 887 g/mol. The second-order valence-corrected chi connectivity index (χ2v) is 20.8. The third-order valence-electron chi connectivity index (χ3n) is 17.7. The Morgan fingerprint density at radius 2 is 1.39 bits per heavy atom. The van der Waals surface area contributed by atoms with Crippen LogP contribution in [0.2, 0.25) is 0 Å². The van der Waals surface area contributed by atoms with Crippen molar-refractivity contribution in [2.75, 3.05) is 26.4 Å². The lowest BCUT2D eigenvalue weighted by Crippen LogP contribution is -2.67. The van der Waals surface area contributed by atoms with Crippen LogP contribution in [0, 0.1) is 46.3 Å². The van der Waals surface area contributed by atoms with Gasteiger partial charge in [-0.25, -0.2) is 0 Å². The van der Waals surface area contributed by atoms with E-state index in [0.717, 1.165) is 50.5 Å². The highest BCUT2D eigenvalue weighted by atomic mass is 16.8. The predicted molar refractivity (Wildman–Crippen MR) is 211 cm³/mol. The maximum atomic E-state index is 12.1.